The van der Waals surface area contributed by atoms with Crippen LogP contribution < -0.4 is 11.4 Å². The average molecular weight is 126 g/mol. The van der Waals surface area contributed by atoms with Crippen LogP contribution in [0.2, 0.25) is 0 Å². The van der Waals surface area contributed by atoms with Gasteiger partial charge in [0.15, 0.2) is 5.82 Å². The van der Waals surface area contributed by atoms with Gasteiger partial charge in [0, 0.05) is 0 Å². The van der Waals surface area contributed by atoms with Crippen molar-refractivity contribution in [1.29, 1.82) is 0 Å². The third kappa shape index (κ3) is 1.04. The molecule has 0 aliphatic carbocycles. The molecule has 5 heteroatoms. The number of nitrogens with one attached hydrogen (secondary N) is 1. The van der Waals surface area contributed by atoms with Crippen LogP contribution in [0.5, 0.6) is 0 Å². The van der Waals surface area contributed by atoms with Crippen LogP contribution >= 0.6 is 0 Å². The summed E-state index contributed by atoms with van der Waals surface area (Å²) < 4.78 is 0. The number of anilines is 1. The number of aromatic nitrogens is 3. The Labute approximate surface area is 50.9 Å². The first-order valence-electron chi connectivity index (χ1n) is 2.39. The van der Waals surface area contributed by atoms with Gasteiger partial charge in [-0.25, -0.2) is 9.89 Å². The molecule has 0 saturated heterocycles. The second kappa shape index (κ2) is 1.85. The zero-order valence-electron chi connectivity index (χ0n) is 4.88. The van der Waals surface area contributed by atoms with E-state index in [1.807, 2.05) is 0 Å². The highest BCUT2D eigenvalue weighted by atomic mass is 16.1. The minimum atomic E-state index is -0.471. The van der Waals surface area contributed by atoms with E-state index < -0.39 is 5.69 Å². The number of nitrogen functional groups attached to an aromatic ring is 1. The summed E-state index contributed by atoms with van der Waals surface area (Å²) >= 11 is 0. The van der Waals surface area contributed by atoms with Gasteiger partial charge in [-0.1, -0.05) is 0 Å². The summed E-state index contributed by atoms with van der Waals surface area (Å²) in [4.78, 5) is 13.8. The molecular weight excluding hydrogens is 120 g/mol. The van der Waals surface area contributed by atoms with Crippen molar-refractivity contribution in [2.24, 2.45) is 0 Å². The van der Waals surface area contributed by atoms with E-state index in [9.17, 15) is 4.79 Å². The summed E-state index contributed by atoms with van der Waals surface area (Å²) in [6.07, 6.45) is 0. The molecule has 0 amide bonds. The highest BCUT2D eigenvalue weighted by Gasteiger charge is 1.93. The van der Waals surface area contributed by atoms with E-state index in [1.165, 1.54) is 0 Å². The van der Waals surface area contributed by atoms with Gasteiger partial charge < -0.3 is 5.73 Å². The minimum Gasteiger partial charge on any atom is -0.381 e. The SMILES string of the molecule is Cc1nc(=O)[nH]nc1N. The Morgan fingerprint density at radius 3 is 2.78 bits per heavy atom. The van der Waals surface area contributed by atoms with Gasteiger partial charge in [-0.2, -0.15) is 10.1 Å². The van der Waals surface area contributed by atoms with Crippen molar-refractivity contribution < 1.29 is 0 Å². The molecule has 1 aromatic rings. The van der Waals surface area contributed by atoms with Gasteiger partial charge >= 0.3 is 5.69 Å². The van der Waals surface area contributed by atoms with Gasteiger partial charge in [0.25, 0.3) is 0 Å². The molecule has 0 bridgehead atoms. The summed E-state index contributed by atoms with van der Waals surface area (Å²) in [5, 5.41) is 5.55. The van der Waals surface area contributed by atoms with Crippen LogP contribution in [-0.4, -0.2) is 15.2 Å². The summed E-state index contributed by atoms with van der Waals surface area (Å²) in [5.41, 5.74) is 5.23. The molecule has 5 nitrogen and oxygen atoms in total. The van der Waals surface area contributed by atoms with Crippen LogP contribution in [0.1, 0.15) is 5.69 Å². The Hall–Kier alpha value is -1.39. The minimum absolute atomic E-state index is 0.259. The number of rotatable bonds is 0. The van der Waals surface area contributed by atoms with Gasteiger partial charge in [-0.05, 0) is 6.92 Å². The lowest BCUT2D eigenvalue weighted by Gasteiger charge is -1.91. The lowest BCUT2D eigenvalue weighted by atomic mass is 10.5. The van der Waals surface area contributed by atoms with E-state index in [-0.39, 0.29) is 5.82 Å². The Kier molecular flexibility index (Phi) is 1.18. The molecular formula is C4H6N4O. The van der Waals surface area contributed by atoms with Crippen LogP contribution in [0.25, 0.3) is 0 Å². The molecule has 0 aromatic carbocycles. The second-order valence-electron chi connectivity index (χ2n) is 1.61. The fourth-order valence-electron chi connectivity index (χ4n) is 0.424. The van der Waals surface area contributed by atoms with E-state index in [0.717, 1.165) is 0 Å². The van der Waals surface area contributed by atoms with Crippen LogP contribution in [0.3, 0.4) is 0 Å². The van der Waals surface area contributed by atoms with E-state index in [0.29, 0.717) is 5.69 Å². The van der Waals surface area contributed by atoms with Crippen molar-refractivity contribution in [2.45, 2.75) is 6.92 Å². The molecule has 0 unspecified atom stereocenters. The zero-order valence-corrected chi connectivity index (χ0v) is 4.88. The number of aryl methyl sites for hydroxylation is 1. The van der Waals surface area contributed by atoms with Gasteiger partial charge in [0.1, 0.15) is 0 Å². The van der Waals surface area contributed by atoms with Crippen LogP contribution in [0, 0.1) is 6.92 Å². The molecule has 0 fully saturated rings. The Morgan fingerprint density at radius 2 is 2.33 bits per heavy atom. The van der Waals surface area contributed by atoms with E-state index in [4.69, 9.17) is 5.73 Å². The van der Waals surface area contributed by atoms with Gasteiger partial charge in [0.05, 0.1) is 5.69 Å². The second-order valence-corrected chi connectivity index (χ2v) is 1.61. The molecule has 1 aromatic heterocycles. The fourth-order valence-corrected chi connectivity index (χ4v) is 0.424. The lowest BCUT2D eigenvalue weighted by molar-refractivity contribution is 0.898. The third-order valence-electron chi connectivity index (χ3n) is 0.912. The van der Waals surface area contributed by atoms with E-state index in [2.05, 4.69) is 15.2 Å². The fraction of sp³-hybridized carbons (Fsp3) is 0.250. The topological polar surface area (TPSA) is 84.7 Å². The highest BCUT2D eigenvalue weighted by molar-refractivity contribution is 5.29. The average Bonchev–Trinajstić information content (AvgIpc) is 1.80. The Morgan fingerprint density at radius 1 is 1.67 bits per heavy atom. The number of hydrogen-bond acceptors (Lipinski definition) is 4. The predicted octanol–water partition coefficient (Wildman–Crippen LogP) is -0.944. The van der Waals surface area contributed by atoms with Crippen LogP contribution in [0.4, 0.5) is 5.82 Å². The molecule has 0 atom stereocenters. The Balaban J connectivity index is 3.34. The van der Waals surface area contributed by atoms with Gasteiger partial charge in [-0.15, -0.1) is 0 Å². The summed E-state index contributed by atoms with van der Waals surface area (Å²) in [6.45, 7) is 1.62. The largest absolute Gasteiger partial charge is 0.381 e. The number of nitrogens with two attached hydrogens (primary N) is 1. The third-order valence-corrected chi connectivity index (χ3v) is 0.912. The molecule has 0 aliphatic rings. The van der Waals surface area contributed by atoms with Crippen molar-refractivity contribution in [3.63, 3.8) is 0 Å². The first-order valence-corrected chi connectivity index (χ1v) is 2.39. The van der Waals surface area contributed by atoms with Gasteiger partial charge in [-0.3, -0.25) is 0 Å². The monoisotopic (exact) mass is 126 g/mol. The smallest absolute Gasteiger partial charge is 0.361 e. The molecule has 9 heavy (non-hydrogen) atoms. The first-order chi connectivity index (χ1) is 4.20. The molecule has 0 radical (unpaired) electrons. The predicted molar refractivity (Wildman–Crippen MR) is 31.8 cm³/mol. The van der Waals surface area contributed by atoms with Crippen molar-refractivity contribution in [3.05, 3.63) is 16.2 Å². The Bertz CT molecular complexity index is 266. The molecule has 0 aliphatic heterocycles. The highest BCUT2D eigenvalue weighted by Crippen LogP contribution is 1.93. The van der Waals surface area contributed by atoms with Crippen LogP contribution in [0.15, 0.2) is 4.79 Å². The molecule has 1 heterocycles. The normalized spacial score (nSPS) is 9.44. The summed E-state index contributed by atoms with van der Waals surface area (Å²) in [7, 11) is 0. The van der Waals surface area contributed by atoms with Crippen molar-refractivity contribution in [1.82, 2.24) is 15.2 Å². The first kappa shape index (κ1) is 5.74. The summed E-state index contributed by atoms with van der Waals surface area (Å²) in [5.74, 6) is 0.259. The number of nitrogens with zero attached hydrogens (tertiary/aromatic N) is 2. The van der Waals surface area contributed by atoms with Crippen molar-refractivity contribution in [3.8, 4) is 0 Å². The van der Waals surface area contributed by atoms with Crippen LogP contribution in [-0.2, 0) is 0 Å². The van der Waals surface area contributed by atoms with E-state index >= 15 is 0 Å². The number of H-pyrrole nitrogens is 1. The van der Waals surface area contributed by atoms with Gasteiger partial charge in [0.2, 0.25) is 0 Å². The van der Waals surface area contributed by atoms with Crippen molar-refractivity contribution >= 4 is 5.82 Å². The maximum atomic E-state index is 10.4. The van der Waals surface area contributed by atoms with E-state index in [1.54, 1.807) is 6.92 Å². The molecule has 0 spiro atoms. The molecule has 3 N–H and O–H groups in total. The standard InChI is InChI=1S/C4H6N4O/c1-2-3(5)7-8-4(9)6-2/h1H3,(H2,5,7)(H,6,8,9). The maximum Gasteiger partial charge on any atom is 0.361 e. The molecule has 1 rings (SSSR count). The maximum absolute atomic E-state index is 10.4. The lowest BCUT2D eigenvalue weighted by Crippen LogP contribution is -2.15. The quantitative estimate of drug-likeness (QED) is 0.469. The summed E-state index contributed by atoms with van der Waals surface area (Å²) in [6, 6.07) is 0. The molecule has 48 valence electrons. The molecule has 0 saturated carbocycles. The number of hydrogen-bond donors (Lipinski definition) is 2. The van der Waals surface area contributed by atoms with Crippen molar-refractivity contribution in [2.75, 3.05) is 5.73 Å². The number of aromatic amines is 1. The zero-order chi connectivity index (χ0) is 6.85.